The molecule has 118 valence electrons. The second kappa shape index (κ2) is 6.21. The van der Waals surface area contributed by atoms with Crippen molar-refractivity contribution in [1.29, 1.82) is 0 Å². The van der Waals surface area contributed by atoms with E-state index in [9.17, 15) is 8.42 Å². The predicted octanol–water partition coefficient (Wildman–Crippen LogP) is 0.976. The number of benzene rings is 1. The smallest absolute Gasteiger partial charge is 0.282 e. The number of hydrogen-bond donors (Lipinski definition) is 1. The molecule has 0 amide bonds. The number of rotatable bonds is 4. The number of piperazine rings is 1. The first-order chi connectivity index (χ1) is 9.82. The highest BCUT2D eigenvalue weighted by Crippen LogP contribution is 2.21. The third-order valence-corrected chi connectivity index (χ3v) is 6.06. The number of nitrogen functional groups attached to an aromatic ring is 1. The molecule has 0 aromatic heterocycles. The summed E-state index contributed by atoms with van der Waals surface area (Å²) in [7, 11) is -1.73. The first-order valence-corrected chi connectivity index (χ1v) is 8.55. The number of anilines is 2. The third kappa shape index (κ3) is 3.48. The van der Waals surface area contributed by atoms with Crippen molar-refractivity contribution in [3.8, 4) is 0 Å². The minimum absolute atomic E-state index is 0.0399. The Balaban J connectivity index is 2.04. The number of hydrogen-bond acceptors (Lipinski definition) is 4. The monoisotopic (exact) mass is 312 g/mol. The fraction of sp³-hybridized carbons (Fsp3) is 0.571. The largest absolute Gasteiger partial charge is 0.399 e. The van der Waals surface area contributed by atoms with E-state index in [1.54, 1.807) is 11.4 Å². The molecule has 0 saturated carbocycles. The maximum Gasteiger partial charge on any atom is 0.282 e. The van der Waals surface area contributed by atoms with E-state index >= 15 is 0 Å². The van der Waals surface area contributed by atoms with Crippen molar-refractivity contribution in [2.24, 2.45) is 0 Å². The van der Waals surface area contributed by atoms with Crippen molar-refractivity contribution < 1.29 is 8.42 Å². The molecule has 1 aliphatic heterocycles. The van der Waals surface area contributed by atoms with Crippen LogP contribution in [0.2, 0.25) is 0 Å². The van der Waals surface area contributed by atoms with Crippen LogP contribution in [0.4, 0.5) is 11.4 Å². The summed E-state index contributed by atoms with van der Waals surface area (Å²) in [6.45, 7) is 6.09. The van der Waals surface area contributed by atoms with Gasteiger partial charge in [-0.3, -0.25) is 0 Å². The van der Waals surface area contributed by atoms with Crippen molar-refractivity contribution >= 4 is 21.6 Å². The number of nitrogens with two attached hydrogens (primary N) is 1. The fourth-order valence-corrected chi connectivity index (χ4v) is 3.87. The van der Waals surface area contributed by atoms with Crippen LogP contribution in [0.5, 0.6) is 0 Å². The average Bonchev–Trinajstić information content (AvgIpc) is 2.46. The highest BCUT2D eigenvalue weighted by atomic mass is 32.2. The van der Waals surface area contributed by atoms with Gasteiger partial charge in [-0.05, 0) is 32.0 Å². The van der Waals surface area contributed by atoms with Gasteiger partial charge in [0.05, 0.1) is 0 Å². The van der Waals surface area contributed by atoms with Crippen LogP contribution in [-0.4, -0.2) is 56.3 Å². The molecular formula is C14H24N4O2S. The Labute approximate surface area is 127 Å². The lowest BCUT2D eigenvalue weighted by atomic mass is 10.2. The van der Waals surface area contributed by atoms with E-state index in [0.717, 1.165) is 11.4 Å². The van der Waals surface area contributed by atoms with Gasteiger partial charge in [0, 0.05) is 50.6 Å². The number of nitrogens with zero attached hydrogens (tertiary/aromatic N) is 3. The van der Waals surface area contributed by atoms with Crippen LogP contribution in [0.25, 0.3) is 0 Å². The highest BCUT2D eigenvalue weighted by Gasteiger charge is 2.31. The lowest BCUT2D eigenvalue weighted by molar-refractivity contribution is 0.323. The Kier molecular flexibility index (Phi) is 4.75. The molecule has 0 radical (unpaired) electrons. The normalized spacial score (nSPS) is 17.7. The van der Waals surface area contributed by atoms with Gasteiger partial charge in [0.25, 0.3) is 10.2 Å². The van der Waals surface area contributed by atoms with Gasteiger partial charge in [-0.1, -0.05) is 6.07 Å². The lowest BCUT2D eigenvalue weighted by Crippen LogP contribution is -2.53. The third-order valence-electron chi connectivity index (χ3n) is 3.89. The van der Waals surface area contributed by atoms with Gasteiger partial charge in [-0.2, -0.15) is 17.0 Å². The van der Waals surface area contributed by atoms with E-state index in [-0.39, 0.29) is 6.04 Å². The predicted molar refractivity (Wildman–Crippen MR) is 86.5 cm³/mol. The van der Waals surface area contributed by atoms with Gasteiger partial charge in [-0.25, -0.2) is 0 Å². The van der Waals surface area contributed by atoms with Crippen LogP contribution >= 0.6 is 0 Å². The lowest BCUT2D eigenvalue weighted by Gasteiger charge is -2.37. The van der Waals surface area contributed by atoms with E-state index in [2.05, 4.69) is 4.90 Å². The molecule has 0 aliphatic carbocycles. The summed E-state index contributed by atoms with van der Waals surface area (Å²) in [5.74, 6) is 0. The highest BCUT2D eigenvalue weighted by molar-refractivity contribution is 7.86. The van der Waals surface area contributed by atoms with Gasteiger partial charge in [0.15, 0.2) is 0 Å². The van der Waals surface area contributed by atoms with Crippen molar-refractivity contribution in [3.63, 3.8) is 0 Å². The first-order valence-electron chi connectivity index (χ1n) is 7.16. The molecule has 7 heteroatoms. The summed E-state index contributed by atoms with van der Waals surface area (Å²) in [6, 6.07) is 7.65. The average molecular weight is 312 g/mol. The SMILES string of the molecule is CC(C)N(C)S(=O)(=O)N1CCN(c2cccc(N)c2)CC1. The van der Waals surface area contributed by atoms with Gasteiger partial charge in [-0.15, -0.1) is 0 Å². The van der Waals surface area contributed by atoms with Crippen LogP contribution in [0.1, 0.15) is 13.8 Å². The molecule has 1 heterocycles. The van der Waals surface area contributed by atoms with Gasteiger partial charge in [0.1, 0.15) is 0 Å². The molecule has 1 aliphatic rings. The van der Waals surface area contributed by atoms with Crippen LogP contribution in [0.15, 0.2) is 24.3 Å². The summed E-state index contributed by atoms with van der Waals surface area (Å²) >= 11 is 0. The van der Waals surface area contributed by atoms with Crippen molar-refractivity contribution in [3.05, 3.63) is 24.3 Å². The first kappa shape index (κ1) is 16.1. The van der Waals surface area contributed by atoms with Gasteiger partial charge in [0.2, 0.25) is 0 Å². The van der Waals surface area contributed by atoms with Crippen LogP contribution in [0.3, 0.4) is 0 Å². The van der Waals surface area contributed by atoms with Gasteiger partial charge >= 0.3 is 0 Å². The van der Waals surface area contributed by atoms with Crippen molar-refractivity contribution in [1.82, 2.24) is 8.61 Å². The zero-order valence-electron chi connectivity index (χ0n) is 12.9. The van der Waals surface area contributed by atoms with E-state index in [1.807, 2.05) is 38.1 Å². The van der Waals surface area contributed by atoms with E-state index in [1.165, 1.54) is 4.31 Å². The zero-order valence-corrected chi connectivity index (χ0v) is 13.7. The van der Waals surface area contributed by atoms with E-state index < -0.39 is 10.2 Å². The molecule has 2 N–H and O–H groups in total. The molecule has 21 heavy (non-hydrogen) atoms. The summed E-state index contributed by atoms with van der Waals surface area (Å²) in [6.07, 6.45) is 0. The summed E-state index contributed by atoms with van der Waals surface area (Å²) < 4.78 is 27.8. The second-order valence-electron chi connectivity index (χ2n) is 5.60. The quantitative estimate of drug-likeness (QED) is 0.841. The van der Waals surface area contributed by atoms with Crippen LogP contribution in [-0.2, 0) is 10.2 Å². The fourth-order valence-electron chi connectivity index (χ4n) is 2.35. The maximum absolute atomic E-state index is 12.4. The van der Waals surface area contributed by atoms with E-state index in [4.69, 9.17) is 5.73 Å². The van der Waals surface area contributed by atoms with Crippen molar-refractivity contribution in [2.45, 2.75) is 19.9 Å². The van der Waals surface area contributed by atoms with Crippen molar-refractivity contribution in [2.75, 3.05) is 43.9 Å². The van der Waals surface area contributed by atoms with Crippen LogP contribution < -0.4 is 10.6 Å². The Morgan fingerprint density at radius 2 is 1.81 bits per heavy atom. The Morgan fingerprint density at radius 1 is 1.19 bits per heavy atom. The minimum Gasteiger partial charge on any atom is -0.399 e. The molecule has 1 fully saturated rings. The molecule has 0 unspecified atom stereocenters. The molecular weight excluding hydrogens is 288 g/mol. The maximum atomic E-state index is 12.4. The molecule has 1 aromatic carbocycles. The standard InChI is InChI=1S/C14H24N4O2S/c1-12(2)16(3)21(19,20)18-9-7-17(8-10-18)14-6-4-5-13(15)11-14/h4-6,11-12H,7-10,15H2,1-3H3. The Bertz CT molecular complexity index is 580. The zero-order chi connectivity index (χ0) is 15.6. The molecule has 1 aromatic rings. The molecule has 0 atom stereocenters. The summed E-state index contributed by atoms with van der Waals surface area (Å²) in [5, 5.41) is 0. The molecule has 6 nitrogen and oxygen atoms in total. The summed E-state index contributed by atoms with van der Waals surface area (Å²) in [4.78, 5) is 2.16. The summed E-state index contributed by atoms with van der Waals surface area (Å²) in [5.41, 5.74) is 7.56. The Morgan fingerprint density at radius 3 is 2.33 bits per heavy atom. The molecule has 0 spiro atoms. The Hall–Kier alpha value is -1.31. The van der Waals surface area contributed by atoms with E-state index in [0.29, 0.717) is 26.2 Å². The van der Waals surface area contributed by atoms with Crippen LogP contribution in [0, 0.1) is 0 Å². The topological polar surface area (TPSA) is 69.9 Å². The molecule has 1 saturated heterocycles. The molecule has 0 bridgehead atoms. The second-order valence-corrected chi connectivity index (χ2v) is 7.59. The van der Waals surface area contributed by atoms with Gasteiger partial charge < -0.3 is 10.6 Å². The molecule has 2 rings (SSSR count). The minimum atomic E-state index is -3.36.